The van der Waals surface area contributed by atoms with E-state index in [9.17, 15) is 0 Å². The Balaban J connectivity index is 1.71. The normalized spacial score (nSPS) is 11.8. The molecule has 4 aromatic rings. The quantitative estimate of drug-likeness (QED) is 0.591. The summed E-state index contributed by atoms with van der Waals surface area (Å²) in [6, 6.07) is 21.2. The third kappa shape index (κ3) is 3.39. The van der Waals surface area contributed by atoms with Crippen molar-refractivity contribution in [2.75, 3.05) is 5.73 Å². The molecule has 0 aliphatic carbocycles. The van der Waals surface area contributed by atoms with Gasteiger partial charge >= 0.3 is 0 Å². The van der Waals surface area contributed by atoms with Crippen molar-refractivity contribution < 1.29 is 9.15 Å². The standard InChI is InChI=1S/C20H16N4O2/c21-20-23-16(14-7-3-1-4-8-14)13-17(24-20)26-18(19-22-11-12-25-19)15-9-5-2-6-10-15/h1-13,18H,(H2,21,23,24). The molecule has 6 heteroatoms. The predicted octanol–water partition coefficient (Wildman–Crippen LogP) is 3.88. The Labute approximate surface area is 150 Å². The second-order valence-electron chi connectivity index (χ2n) is 5.59. The van der Waals surface area contributed by atoms with Gasteiger partial charge in [0, 0.05) is 17.2 Å². The van der Waals surface area contributed by atoms with Crippen LogP contribution in [0.4, 0.5) is 5.95 Å². The van der Waals surface area contributed by atoms with Gasteiger partial charge in [0.25, 0.3) is 0 Å². The monoisotopic (exact) mass is 344 g/mol. The molecule has 0 saturated heterocycles. The number of anilines is 1. The maximum absolute atomic E-state index is 6.10. The number of benzene rings is 2. The van der Waals surface area contributed by atoms with Crippen LogP contribution in [0.1, 0.15) is 17.6 Å². The van der Waals surface area contributed by atoms with Crippen LogP contribution in [-0.4, -0.2) is 15.0 Å². The Morgan fingerprint density at radius 2 is 1.65 bits per heavy atom. The van der Waals surface area contributed by atoms with E-state index in [1.165, 1.54) is 6.26 Å². The number of aromatic nitrogens is 3. The molecular weight excluding hydrogens is 328 g/mol. The lowest BCUT2D eigenvalue weighted by Crippen LogP contribution is -2.11. The van der Waals surface area contributed by atoms with Crippen molar-refractivity contribution in [3.8, 4) is 17.1 Å². The van der Waals surface area contributed by atoms with Crippen molar-refractivity contribution in [3.05, 3.63) is 90.6 Å². The zero-order valence-electron chi connectivity index (χ0n) is 13.8. The van der Waals surface area contributed by atoms with Crippen LogP contribution < -0.4 is 10.5 Å². The molecule has 4 rings (SSSR count). The third-order valence-electron chi connectivity index (χ3n) is 3.81. The van der Waals surface area contributed by atoms with Crippen LogP contribution in [0.15, 0.2) is 83.6 Å². The minimum atomic E-state index is -0.538. The number of hydrogen-bond donors (Lipinski definition) is 1. The predicted molar refractivity (Wildman–Crippen MR) is 97.3 cm³/mol. The first-order valence-corrected chi connectivity index (χ1v) is 8.10. The topological polar surface area (TPSA) is 87.1 Å². The Morgan fingerprint density at radius 1 is 0.923 bits per heavy atom. The number of ether oxygens (including phenoxy) is 1. The van der Waals surface area contributed by atoms with Crippen LogP contribution in [0.3, 0.4) is 0 Å². The molecule has 0 aliphatic heterocycles. The highest BCUT2D eigenvalue weighted by Gasteiger charge is 2.21. The van der Waals surface area contributed by atoms with Gasteiger partial charge in [-0.15, -0.1) is 0 Å². The van der Waals surface area contributed by atoms with Crippen molar-refractivity contribution in [1.82, 2.24) is 15.0 Å². The summed E-state index contributed by atoms with van der Waals surface area (Å²) in [7, 11) is 0. The molecule has 2 aromatic carbocycles. The first kappa shape index (κ1) is 15.8. The highest BCUT2D eigenvalue weighted by Crippen LogP contribution is 2.29. The van der Waals surface area contributed by atoms with Crippen molar-refractivity contribution in [2.24, 2.45) is 0 Å². The van der Waals surface area contributed by atoms with Gasteiger partial charge in [-0.2, -0.15) is 4.98 Å². The van der Waals surface area contributed by atoms with Gasteiger partial charge in [0.15, 0.2) is 0 Å². The van der Waals surface area contributed by atoms with E-state index in [0.717, 1.165) is 11.1 Å². The summed E-state index contributed by atoms with van der Waals surface area (Å²) in [5.74, 6) is 0.929. The fourth-order valence-electron chi connectivity index (χ4n) is 2.63. The minimum Gasteiger partial charge on any atom is -0.459 e. The molecule has 0 aliphatic rings. The molecule has 0 amide bonds. The number of rotatable bonds is 5. The van der Waals surface area contributed by atoms with E-state index < -0.39 is 6.10 Å². The van der Waals surface area contributed by atoms with E-state index >= 15 is 0 Å². The van der Waals surface area contributed by atoms with E-state index in [0.29, 0.717) is 17.5 Å². The molecule has 2 aromatic heterocycles. The van der Waals surface area contributed by atoms with Gasteiger partial charge in [-0.25, -0.2) is 9.97 Å². The molecule has 0 saturated carbocycles. The zero-order chi connectivity index (χ0) is 17.8. The molecule has 6 nitrogen and oxygen atoms in total. The Morgan fingerprint density at radius 3 is 2.35 bits per heavy atom. The van der Waals surface area contributed by atoms with E-state index in [-0.39, 0.29) is 5.95 Å². The summed E-state index contributed by atoms with van der Waals surface area (Å²) in [5.41, 5.74) is 8.40. The van der Waals surface area contributed by atoms with Gasteiger partial charge in [0.2, 0.25) is 23.8 Å². The van der Waals surface area contributed by atoms with Crippen molar-refractivity contribution in [3.63, 3.8) is 0 Å². The summed E-state index contributed by atoms with van der Waals surface area (Å²) in [4.78, 5) is 12.7. The number of nitrogens with zero attached hydrogens (tertiary/aromatic N) is 3. The molecule has 26 heavy (non-hydrogen) atoms. The van der Waals surface area contributed by atoms with E-state index in [1.807, 2.05) is 60.7 Å². The Bertz CT molecular complexity index is 973. The van der Waals surface area contributed by atoms with Gasteiger partial charge in [-0.05, 0) is 0 Å². The summed E-state index contributed by atoms with van der Waals surface area (Å²) in [6.07, 6.45) is 2.56. The van der Waals surface area contributed by atoms with Crippen molar-refractivity contribution in [2.45, 2.75) is 6.10 Å². The van der Waals surface area contributed by atoms with Gasteiger partial charge in [0.1, 0.15) is 6.26 Å². The number of oxazole rings is 1. The highest BCUT2D eigenvalue weighted by atomic mass is 16.5. The molecule has 0 fully saturated rings. The molecule has 2 N–H and O–H groups in total. The third-order valence-corrected chi connectivity index (χ3v) is 3.81. The van der Waals surface area contributed by atoms with Crippen LogP contribution in [0, 0.1) is 0 Å². The lowest BCUT2D eigenvalue weighted by molar-refractivity contribution is 0.200. The van der Waals surface area contributed by atoms with E-state index in [4.69, 9.17) is 14.9 Å². The maximum atomic E-state index is 6.10. The van der Waals surface area contributed by atoms with Gasteiger partial charge in [0.05, 0.1) is 11.9 Å². The van der Waals surface area contributed by atoms with Crippen LogP contribution >= 0.6 is 0 Å². The SMILES string of the molecule is Nc1nc(OC(c2ccccc2)c2ncco2)cc(-c2ccccc2)n1. The van der Waals surface area contributed by atoms with Crippen LogP contribution in [0.5, 0.6) is 5.88 Å². The molecule has 0 spiro atoms. The fourth-order valence-corrected chi connectivity index (χ4v) is 2.63. The number of nitrogens with two attached hydrogens (primary N) is 1. The number of hydrogen-bond acceptors (Lipinski definition) is 6. The lowest BCUT2D eigenvalue weighted by Gasteiger charge is -2.16. The second kappa shape index (κ2) is 7.06. The average Bonchev–Trinajstić information content (AvgIpc) is 3.21. The zero-order valence-corrected chi connectivity index (χ0v) is 13.8. The summed E-state index contributed by atoms with van der Waals surface area (Å²) >= 11 is 0. The summed E-state index contributed by atoms with van der Waals surface area (Å²) in [5, 5.41) is 0. The van der Waals surface area contributed by atoms with Gasteiger partial charge in [-0.3, -0.25) is 0 Å². The first-order chi connectivity index (χ1) is 12.8. The molecule has 2 heterocycles. The molecule has 0 bridgehead atoms. The van der Waals surface area contributed by atoms with Crippen LogP contribution in [0.25, 0.3) is 11.3 Å². The Hall–Kier alpha value is -3.67. The first-order valence-electron chi connectivity index (χ1n) is 8.10. The van der Waals surface area contributed by atoms with Crippen LogP contribution in [-0.2, 0) is 0 Å². The molecule has 1 atom stereocenters. The summed E-state index contributed by atoms with van der Waals surface area (Å²) < 4.78 is 11.6. The van der Waals surface area contributed by atoms with E-state index in [2.05, 4.69) is 15.0 Å². The molecule has 128 valence electrons. The highest BCUT2D eigenvalue weighted by molar-refractivity contribution is 5.61. The minimum absolute atomic E-state index is 0.139. The molecular formula is C20H16N4O2. The second-order valence-corrected chi connectivity index (χ2v) is 5.59. The maximum Gasteiger partial charge on any atom is 0.240 e. The molecule has 0 radical (unpaired) electrons. The number of nitrogen functional groups attached to an aromatic ring is 1. The van der Waals surface area contributed by atoms with E-state index in [1.54, 1.807) is 12.3 Å². The van der Waals surface area contributed by atoms with Crippen LogP contribution in [0.2, 0.25) is 0 Å². The Kier molecular flexibility index (Phi) is 4.30. The van der Waals surface area contributed by atoms with Gasteiger partial charge < -0.3 is 14.9 Å². The molecule has 1 unspecified atom stereocenters. The largest absolute Gasteiger partial charge is 0.459 e. The van der Waals surface area contributed by atoms with Gasteiger partial charge in [-0.1, -0.05) is 60.7 Å². The average molecular weight is 344 g/mol. The lowest BCUT2D eigenvalue weighted by atomic mass is 10.1. The summed E-state index contributed by atoms with van der Waals surface area (Å²) in [6.45, 7) is 0. The smallest absolute Gasteiger partial charge is 0.240 e. The van der Waals surface area contributed by atoms with Crippen molar-refractivity contribution >= 4 is 5.95 Å². The fraction of sp³-hybridized carbons (Fsp3) is 0.0500. The van der Waals surface area contributed by atoms with Crippen molar-refractivity contribution in [1.29, 1.82) is 0 Å².